The molecule has 0 spiro atoms. The van der Waals surface area contributed by atoms with Gasteiger partial charge in [-0.1, -0.05) is 76.6 Å². The van der Waals surface area contributed by atoms with Gasteiger partial charge in [0.05, 0.1) is 19.3 Å². The number of amides is 1. The maximum atomic E-state index is 13.0. The van der Waals surface area contributed by atoms with Crippen LogP contribution in [0, 0.1) is 0 Å². The molecule has 1 aliphatic heterocycles. The number of likely N-dealkylation sites (tertiary alicyclic amines) is 1. The van der Waals surface area contributed by atoms with Crippen molar-refractivity contribution in [2.45, 2.75) is 31.1 Å². The number of carbonyl (C=O) groups is 2. The van der Waals surface area contributed by atoms with Gasteiger partial charge in [-0.15, -0.1) is 0 Å². The zero-order valence-electron chi connectivity index (χ0n) is 18.4. The fraction of sp³-hybridized carbons (Fsp3) is 0.259. The van der Waals surface area contributed by atoms with E-state index in [2.05, 4.69) is 40.2 Å². The molecule has 0 radical (unpaired) electrons. The lowest BCUT2D eigenvalue weighted by Gasteiger charge is -2.22. The Morgan fingerprint density at radius 2 is 1.56 bits per heavy atom. The summed E-state index contributed by atoms with van der Waals surface area (Å²) in [5.41, 5.74) is 5.50. The molecule has 1 fully saturated rings. The maximum absolute atomic E-state index is 13.0. The van der Waals surface area contributed by atoms with E-state index in [1.807, 2.05) is 48.5 Å². The van der Waals surface area contributed by atoms with E-state index in [1.165, 1.54) is 4.90 Å². The van der Waals surface area contributed by atoms with Gasteiger partial charge in [0.15, 0.2) is 0 Å². The van der Waals surface area contributed by atoms with Gasteiger partial charge in [0.2, 0.25) is 0 Å². The van der Waals surface area contributed by atoms with Crippen molar-refractivity contribution < 1.29 is 24.2 Å². The van der Waals surface area contributed by atoms with Gasteiger partial charge in [0.25, 0.3) is 0 Å². The van der Waals surface area contributed by atoms with Gasteiger partial charge in [0, 0.05) is 16.8 Å². The number of hydrogen-bond acceptors (Lipinski definition) is 4. The highest BCUT2D eigenvalue weighted by atomic mass is 79.9. The van der Waals surface area contributed by atoms with Crippen LogP contribution in [0.3, 0.4) is 0 Å². The highest BCUT2D eigenvalue weighted by Gasteiger charge is 2.41. The number of benzene rings is 3. The first-order chi connectivity index (χ1) is 16.5. The second-order valence-electron chi connectivity index (χ2n) is 8.61. The normalized spacial score (nSPS) is 19.0. The van der Waals surface area contributed by atoms with E-state index < -0.39 is 18.1 Å². The van der Waals surface area contributed by atoms with Crippen LogP contribution in [-0.4, -0.2) is 47.4 Å². The Morgan fingerprint density at radius 3 is 2.18 bits per heavy atom. The molecule has 7 heteroatoms. The van der Waals surface area contributed by atoms with Crippen LogP contribution >= 0.6 is 15.9 Å². The summed E-state index contributed by atoms with van der Waals surface area (Å²) in [5.74, 6) is -1.13. The summed E-state index contributed by atoms with van der Waals surface area (Å²) in [7, 11) is 0. The van der Waals surface area contributed by atoms with Crippen molar-refractivity contribution in [3.63, 3.8) is 0 Å². The van der Waals surface area contributed by atoms with Crippen LogP contribution in [0.5, 0.6) is 0 Å². The Morgan fingerprint density at radius 1 is 0.941 bits per heavy atom. The molecular weight excluding hydrogens is 498 g/mol. The van der Waals surface area contributed by atoms with Crippen LogP contribution in [0.4, 0.5) is 4.79 Å². The molecule has 1 amide bonds. The monoisotopic (exact) mass is 521 g/mol. The average molecular weight is 522 g/mol. The number of ether oxygens (including phenoxy) is 2. The number of carboxylic acid groups (broad SMARTS) is 1. The first-order valence-electron chi connectivity index (χ1n) is 11.2. The third-order valence-electron chi connectivity index (χ3n) is 6.52. The smallest absolute Gasteiger partial charge is 0.410 e. The van der Waals surface area contributed by atoms with Crippen molar-refractivity contribution >= 4 is 28.0 Å². The number of nitrogens with zero attached hydrogens (tertiary/aromatic N) is 1. The lowest BCUT2D eigenvalue weighted by molar-refractivity contribution is -0.141. The van der Waals surface area contributed by atoms with Crippen LogP contribution < -0.4 is 0 Å². The summed E-state index contributed by atoms with van der Waals surface area (Å²) in [6, 6.07) is 23.0. The van der Waals surface area contributed by atoms with E-state index in [4.69, 9.17) is 9.47 Å². The molecule has 3 aromatic rings. The summed E-state index contributed by atoms with van der Waals surface area (Å²) < 4.78 is 12.6. The molecule has 3 aromatic carbocycles. The van der Waals surface area contributed by atoms with E-state index in [-0.39, 0.29) is 31.6 Å². The van der Waals surface area contributed by atoms with Gasteiger partial charge in [-0.3, -0.25) is 4.90 Å². The minimum Gasteiger partial charge on any atom is -0.480 e. The summed E-state index contributed by atoms with van der Waals surface area (Å²) in [6.45, 7) is 0.688. The van der Waals surface area contributed by atoms with Crippen molar-refractivity contribution in [1.29, 1.82) is 0 Å². The van der Waals surface area contributed by atoms with E-state index in [0.29, 0.717) is 6.61 Å². The van der Waals surface area contributed by atoms with Gasteiger partial charge in [-0.2, -0.15) is 0 Å². The van der Waals surface area contributed by atoms with Crippen LogP contribution in [0.2, 0.25) is 0 Å². The van der Waals surface area contributed by atoms with Crippen molar-refractivity contribution in [2.24, 2.45) is 0 Å². The first-order valence-corrected chi connectivity index (χ1v) is 12.0. The van der Waals surface area contributed by atoms with Crippen LogP contribution in [0.15, 0.2) is 77.3 Å². The third-order valence-corrected chi connectivity index (χ3v) is 7.05. The molecule has 0 bridgehead atoms. The van der Waals surface area contributed by atoms with Crippen LogP contribution in [0.25, 0.3) is 11.1 Å². The molecule has 1 heterocycles. The van der Waals surface area contributed by atoms with Gasteiger partial charge >= 0.3 is 12.1 Å². The van der Waals surface area contributed by atoms with E-state index >= 15 is 0 Å². The molecule has 0 unspecified atom stereocenters. The van der Waals surface area contributed by atoms with Gasteiger partial charge in [-0.25, -0.2) is 9.59 Å². The minimum atomic E-state index is -1.05. The largest absolute Gasteiger partial charge is 0.480 e. The highest BCUT2D eigenvalue weighted by molar-refractivity contribution is 9.10. The van der Waals surface area contributed by atoms with Gasteiger partial charge in [-0.05, 0) is 39.9 Å². The Hall–Kier alpha value is -3.16. The number of carbonyl (C=O) groups excluding carboxylic acids is 1. The maximum Gasteiger partial charge on any atom is 0.410 e. The molecule has 6 nitrogen and oxygen atoms in total. The molecule has 2 atom stereocenters. The number of carboxylic acids is 1. The molecule has 174 valence electrons. The molecule has 0 aromatic heterocycles. The molecule has 34 heavy (non-hydrogen) atoms. The standard InChI is InChI=1S/C27H24BrNO5/c28-18-11-9-17(10-12-18)15-33-19-13-25(26(30)31)29(14-19)27(32)34-16-24-22-7-3-1-5-20(22)21-6-2-4-8-23(21)24/h1-12,19,24-25H,13-16H2,(H,30,31)/t19-,25+/m1/s1. The summed E-state index contributed by atoms with van der Waals surface area (Å²) in [4.78, 5) is 26.1. The molecule has 1 saturated heterocycles. The minimum absolute atomic E-state index is 0.0771. The number of rotatable bonds is 6. The number of aliphatic carboxylic acids is 1. The van der Waals surface area contributed by atoms with Crippen molar-refractivity contribution in [3.8, 4) is 11.1 Å². The lowest BCUT2D eigenvalue weighted by Crippen LogP contribution is -2.41. The molecule has 1 aliphatic carbocycles. The lowest BCUT2D eigenvalue weighted by atomic mass is 9.98. The van der Waals surface area contributed by atoms with Crippen LogP contribution in [0.1, 0.15) is 29.0 Å². The topological polar surface area (TPSA) is 76.1 Å². The van der Waals surface area contributed by atoms with Crippen LogP contribution in [-0.2, 0) is 20.9 Å². The second kappa shape index (κ2) is 9.60. The number of hydrogen-bond donors (Lipinski definition) is 1. The van der Waals surface area contributed by atoms with Crippen molar-refractivity contribution in [1.82, 2.24) is 4.90 Å². The molecule has 5 rings (SSSR count). The van der Waals surface area contributed by atoms with Crippen molar-refractivity contribution in [2.75, 3.05) is 13.2 Å². The fourth-order valence-electron chi connectivity index (χ4n) is 4.83. The van der Waals surface area contributed by atoms with Gasteiger partial charge in [0.1, 0.15) is 12.6 Å². The second-order valence-corrected chi connectivity index (χ2v) is 9.52. The molecule has 0 saturated carbocycles. The summed E-state index contributed by atoms with van der Waals surface area (Å²) >= 11 is 3.40. The predicted octanol–water partition coefficient (Wildman–Crippen LogP) is 5.44. The quantitative estimate of drug-likeness (QED) is 0.467. The summed E-state index contributed by atoms with van der Waals surface area (Å²) in [5, 5.41) is 9.70. The average Bonchev–Trinajstić information content (AvgIpc) is 3.42. The Balaban J connectivity index is 1.25. The van der Waals surface area contributed by atoms with E-state index in [0.717, 1.165) is 32.3 Å². The summed E-state index contributed by atoms with van der Waals surface area (Å²) in [6.07, 6.45) is -0.759. The highest BCUT2D eigenvalue weighted by Crippen LogP contribution is 2.44. The first kappa shape index (κ1) is 22.6. The molecule has 1 N–H and O–H groups in total. The Labute approximate surface area is 206 Å². The SMILES string of the molecule is O=C(O)[C@@H]1C[C@@H](OCc2ccc(Br)cc2)CN1C(=O)OCC1c2ccccc2-c2ccccc21. The predicted molar refractivity (Wildman–Crippen MR) is 131 cm³/mol. The fourth-order valence-corrected chi connectivity index (χ4v) is 5.09. The third kappa shape index (κ3) is 4.45. The number of halogens is 1. The molecular formula is C27H24BrNO5. The zero-order chi connectivity index (χ0) is 23.7. The van der Waals surface area contributed by atoms with Gasteiger partial charge < -0.3 is 14.6 Å². The zero-order valence-corrected chi connectivity index (χ0v) is 20.0. The number of fused-ring (bicyclic) bond motifs is 3. The Bertz CT molecular complexity index is 1170. The van der Waals surface area contributed by atoms with E-state index in [9.17, 15) is 14.7 Å². The molecule has 2 aliphatic rings. The van der Waals surface area contributed by atoms with Crippen molar-refractivity contribution in [3.05, 3.63) is 94.0 Å². The van der Waals surface area contributed by atoms with E-state index in [1.54, 1.807) is 0 Å². The Kier molecular flexibility index (Phi) is 6.39.